The summed E-state index contributed by atoms with van der Waals surface area (Å²) in [5.41, 5.74) is 2.24. The molecular weight excluding hydrogens is 455 g/mol. The molecule has 1 fully saturated rings. The van der Waals surface area contributed by atoms with Gasteiger partial charge in [-0.1, -0.05) is 19.1 Å². The molecule has 0 bridgehead atoms. The van der Waals surface area contributed by atoms with Gasteiger partial charge in [-0.2, -0.15) is 4.31 Å². The number of nitrogens with zero attached hydrogens (tertiary/aromatic N) is 4. The summed E-state index contributed by atoms with van der Waals surface area (Å²) in [6.45, 7) is 4.25. The highest BCUT2D eigenvalue weighted by Crippen LogP contribution is 2.26. The summed E-state index contributed by atoms with van der Waals surface area (Å²) < 4.78 is 43.0. The molecule has 0 atom stereocenters. The Kier molecular flexibility index (Phi) is 7.33. The molecule has 1 saturated heterocycles. The summed E-state index contributed by atoms with van der Waals surface area (Å²) in [7, 11) is -1.81. The van der Waals surface area contributed by atoms with Gasteiger partial charge in [-0.25, -0.2) is 17.8 Å². The maximum atomic E-state index is 13.4. The second-order valence-electron chi connectivity index (χ2n) is 8.82. The van der Waals surface area contributed by atoms with Crippen LogP contribution in [0.3, 0.4) is 0 Å². The minimum Gasteiger partial charge on any atom is -0.341 e. The molecule has 34 heavy (non-hydrogen) atoms. The Labute approximate surface area is 200 Å². The molecule has 1 aromatic heterocycles. The number of aryl methyl sites for hydroxylation is 2. The SMILES string of the molecule is CCCn1c(CCC(=O)N(C)Cc2cccc(F)c2)nc2cc(S(=O)(=O)N3CCCC3)ccc21. The Morgan fingerprint density at radius 2 is 1.91 bits per heavy atom. The van der Waals surface area contributed by atoms with E-state index in [1.807, 2.05) is 6.07 Å². The minimum atomic E-state index is -3.52. The number of sulfonamides is 1. The van der Waals surface area contributed by atoms with E-state index < -0.39 is 10.0 Å². The number of hydrogen-bond donors (Lipinski definition) is 0. The number of fused-ring (bicyclic) bond motifs is 1. The third kappa shape index (κ3) is 5.15. The molecule has 3 aromatic rings. The van der Waals surface area contributed by atoms with Crippen molar-refractivity contribution in [2.45, 2.75) is 57.0 Å². The Morgan fingerprint density at radius 3 is 2.62 bits per heavy atom. The Hall–Kier alpha value is -2.78. The van der Waals surface area contributed by atoms with Crippen LogP contribution in [0.1, 0.15) is 44.0 Å². The smallest absolute Gasteiger partial charge is 0.243 e. The molecule has 1 aliphatic rings. The van der Waals surface area contributed by atoms with Crippen molar-refractivity contribution in [2.24, 2.45) is 0 Å². The second-order valence-corrected chi connectivity index (χ2v) is 10.8. The van der Waals surface area contributed by atoms with E-state index in [0.29, 0.717) is 31.6 Å². The van der Waals surface area contributed by atoms with E-state index in [0.717, 1.165) is 42.7 Å². The maximum absolute atomic E-state index is 13.4. The molecule has 4 rings (SSSR count). The standard InChI is InChI=1S/C25H31FN4O3S/c1-3-13-30-23-10-9-21(34(32,33)29-14-4-5-15-29)17-22(23)27-24(30)11-12-25(31)28(2)18-19-7-6-8-20(26)16-19/h6-10,16-17H,3-5,11-15,18H2,1-2H3. The molecule has 182 valence electrons. The van der Waals surface area contributed by atoms with Crippen LogP contribution < -0.4 is 0 Å². The fourth-order valence-corrected chi connectivity index (χ4v) is 6.01. The first-order chi connectivity index (χ1) is 16.3. The zero-order valence-electron chi connectivity index (χ0n) is 19.7. The molecule has 1 aliphatic heterocycles. The summed E-state index contributed by atoms with van der Waals surface area (Å²) in [6, 6.07) is 11.4. The fraction of sp³-hybridized carbons (Fsp3) is 0.440. The van der Waals surface area contributed by atoms with Gasteiger partial charge in [-0.15, -0.1) is 0 Å². The number of halogens is 1. The molecule has 0 N–H and O–H groups in total. The molecule has 0 radical (unpaired) electrons. The van der Waals surface area contributed by atoms with Gasteiger partial charge in [0.1, 0.15) is 11.6 Å². The van der Waals surface area contributed by atoms with E-state index >= 15 is 0 Å². The molecule has 1 amide bonds. The van der Waals surface area contributed by atoms with Gasteiger partial charge in [0, 0.05) is 46.1 Å². The van der Waals surface area contributed by atoms with Crippen LogP contribution in [-0.4, -0.2) is 53.2 Å². The lowest BCUT2D eigenvalue weighted by Gasteiger charge is -2.17. The van der Waals surface area contributed by atoms with Crippen molar-refractivity contribution in [1.29, 1.82) is 0 Å². The van der Waals surface area contributed by atoms with E-state index in [-0.39, 0.29) is 23.0 Å². The molecule has 0 saturated carbocycles. The van der Waals surface area contributed by atoms with Crippen molar-refractivity contribution < 1.29 is 17.6 Å². The van der Waals surface area contributed by atoms with Crippen molar-refractivity contribution in [3.8, 4) is 0 Å². The molecule has 2 heterocycles. The summed E-state index contributed by atoms with van der Waals surface area (Å²) in [5.74, 6) is 0.384. The molecule has 9 heteroatoms. The van der Waals surface area contributed by atoms with E-state index in [4.69, 9.17) is 4.98 Å². The van der Waals surface area contributed by atoms with Crippen molar-refractivity contribution in [3.63, 3.8) is 0 Å². The number of amides is 1. The van der Waals surface area contributed by atoms with Crippen molar-refractivity contribution >= 4 is 27.0 Å². The highest BCUT2D eigenvalue weighted by atomic mass is 32.2. The van der Waals surface area contributed by atoms with Gasteiger partial charge in [-0.3, -0.25) is 4.79 Å². The van der Waals surface area contributed by atoms with Gasteiger partial charge >= 0.3 is 0 Å². The van der Waals surface area contributed by atoms with Gasteiger partial charge < -0.3 is 9.47 Å². The number of aromatic nitrogens is 2. The quantitative estimate of drug-likeness (QED) is 0.459. The van der Waals surface area contributed by atoms with Crippen LogP contribution >= 0.6 is 0 Å². The zero-order valence-corrected chi connectivity index (χ0v) is 20.5. The van der Waals surface area contributed by atoms with E-state index in [2.05, 4.69) is 11.5 Å². The van der Waals surface area contributed by atoms with Gasteiger partial charge in [-0.05, 0) is 55.2 Å². The lowest BCUT2D eigenvalue weighted by molar-refractivity contribution is -0.130. The first kappa shape index (κ1) is 24.3. The fourth-order valence-electron chi connectivity index (χ4n) is 4.47. The van der Waals surface area contributed by atoms with E-state index in [1.165, 1.54) is 16.4 Å². The van der Waals surface area contributed by atoms with Crippen LogP contribution in [0.15, 0.2) is 47.4 Å². The van der Waals surface area contributed by atoms with Gasteiger partial charge in [0.25, 0.3) is 0 Å². The van der Waals surface area contributed by atoms with Gasteiger partial charge in [0.05, 0.1) is 15.9 Å². The van der Waals surface area contributed by atoms with Crippen LogP contribution in [0.25, 0.3) is 11.0 Å². The lowest BCUT2D eigenvalue weighted by Crippen LogP contribution is -2.27. The average Bonchev–Trinajstić information content (AvgIpc) is 3.46. The summed E-state index contributed by atoms with van der Waals surface area (Å²) in [6.07, 6.45) is 3.36. The van der Waals surface area contributed by atoms with Crippen LogP contribution in [0.2, 0.25) is 0 Å². The molecule has 0 spiro atoms. The maximum Gasteiger partial charge on any atom is 0.243 e. The molecule has 7 nitrogen and oxygen atoms in total. The zero-order chi connectivity index (χ0) is 24.3. The predicted octanol–water partition coefficient (Wildman–Crippen LogP) is 3.96. The van der Waals surface area contributed by atoms with Crippen LogP contribution in [0, 0.1) is 5.82 Å². The number of hydrogen-bond acceptors (Lipinski definition) is 4. The number of benzene rings is 2. The third-order valence-electron chi connectivity index (χ3n) is 6.25. The molecular formula is C25H31FN4O3S. The monoisotopic (exact) mass is 486 g/mol. The predicted molar refractivity (Wildman–Crippen MR) is 129 cm³/mol. The van der Waals surface area contributed by atoms with Gasteiger partial charge in [0.15, 0.2) is 0 Å². The molecule has 0 aliphatic carbocycles. The first-order valence-electron chi connectivity index (χ1n) is 11.8. The number of carbonyl (C=O) groups is 1. The summed E-state index contributed by atoms with van der Waals surface area (Å²) in [4.78, 5) is 19.3. The van der Waals surface area contributed by atoms with Gasteiger partial charge in [0.2, 0.25) is 15.9 Å². The second kappa shape index (κ2) is 10.2. The normalized spacial score (nSPS) is 14.7. The largest absolute Gasteiger partial charge is 0.341 e. The molecule has 0 unspecified atom stereocenters. The molecule has 2 aromatic carbocycles. The number of imidazole rings is 1. The van der Waals surface area contributed by atoms with Crippen LogP contribution in [-0.2, 0) is 34.3 Å². The summed E-state index contributed by atoms with van der Waals surface area (Å²) in [5, 5.41) is 0. The number of rotatable bonds is 9. The average molecular weight is 487 g/mol. The first-order valence-corrected chi connectivity index (χ1v) is 13.2. The number of carbonyl (C=O) groups excluding carboxylic acids is 1. The Morgan fingerprint density at radius 1 is 1.15 bits per heavy atom. The van der Waals surface area contributed by atoms with Crippen molar-refractivity contribution in [1.82, 2.24) is 18.8 Å². The van der Waals surface area contributed by atoms with E-state index in [9.17, 15) is 17.6 Å². The third-order valence-corrected chi connectivity index (χ3v) is 8.14. The van der Waals surface area contributed by atoms with Crippen molar-refractivity contribution in [2.75, 3.05) is 20.1 Å². The summed E-state index contributed by atoms with van der Waals surface area (Å²) >= 11 is 0. The topological polar surface area (TPSA) is 75.5 Å². The van der Waals surface area contributed by atoms with E-state index in [1.54, 1.807) is 36.2 Å². The van der Waals surface area contributed by atoms with Crippen molar-refractivity contribution in [3.05, 3.63) is 59.7 Å². The highest BCUT2D eigenvalue weighted by Gasteiger charge is 2.28. The lowest BCUT2D eigenvalue weighted by atomic mass is 10.2. The Bertz CT molecular complexity index is 1280. The minimum absolute atomic E-state index is 0.0586. The van der Waals surface area contributed by atoms with Crippen LogP contribution in [0.5, 0.6) is 0 Å². The highest BCUT2D eigenvalue weighted by molar-refractivity contribution is 7.89. The van der Waals surface area contributed by atoms with Crippen LogP contribution in [0.4, 0.5) is 4.39 Å². The Balaban J connectivity index is 1.52.